The monoisotopic (exact) mass is 202 g/mol. The van der Waals surface area contributed by atoms with Gasteiger partial charge < -0.3 is 20.8 Å². The average molecular weight is 202 g/mol. The van der Waals surface area contributed by atoms with E-state index in [2.05, 4.69) is 10.6 Å². The maximum absolute atomic E-state index is 11.6. The number of aliphatic hydroxyl groups is 2. The van der Waals surface area contributed by atoms with Crippen molar-refractivity contribution in [3.05, 3.63) is 0 Å². The molecule has 82 valence electrons. The summed E-state index contributed by atoms with van der Waals surface area (Å²) in [5.41, 5.74) is -0.327. The molecule has 0 radical (unpaired) electrons. The van der Waals surface area contributed by atoms with Crippen LogP contribution in [0.15, 0.2) is 0 Å². The molecule has 1 amide bonds. The predicted octanol–water partition coefficient (Wildman–Crippen LogP) is -1.41. The van der Waals surface area contributed by atoms with E-state index in [9.17, 15) is 15.0 Å². The predicted molar refractivity (Wildman–Crippen MR) is 51.7 cm³/mol. The van der Waals surface area contributed by atoms with Gasteiger partial charge >= 0.3 is 0 Å². The molecule has 0 aromatic heterocycles. The van der Waals surface area contributed by atoms with E-state index in [0.29, 0.717) is 0 Å². The molecule has 0 aromatic rings. The number of nitrogens with one attached hydrogen (secondary N) is 2. The highest BCUT2D eigenvalue weighted by molar-refractivity contribution is 5.83. The molecular weight excluding hydrogens is 184 g/mol. The van der Waals surface area contributed by atoms with Gasteiger partial charge in [0, 0.05) is 12.1 Å². The second-order valence-corrected chi connectivity index (χ2v) is 4.68. The van der Waals surface area contributed by atoms with Crippen molar-refractivity contribution in [3.8, 4) is 0 Å². The van der Waals surface area contributed by atoms with Crippen LogP contribution in [0, 0.1) is 0 Å². The molecule has 0 aliphatic carbocycles. The topological polar surface area (TPSA) is 81.6 Å². The Morgan fingerprint density at radius 1 is 1.43 bits per heavy atom. The second-order valence-electron chi connectivity index (χ2n) is 4.68. The van der Waals surface area contributed by atoms with Gasteiger partial charge in [0.05, 0.1) is 6.10 Å². The molecule has 4 N–H and O–H groups in total. The number of carbonyl (C=O) groups is 1. The van der Waals surface area contributed by atoms with Gasteiger partial charge in [0.1, 0.15) is 12.1 Å². The largest absolute Gasteiger partial charge is 0.389 e. The normalized spacial score (nSPS) is 33.1. The zero-order chi connectivity index (χ0) is 10.9. The van der Waals surface area contributed by atoms with Crippen LogP contribution >= 0.6 is 0 Å². The summed E-state index contributed by atoms with van der Waals surface area (Å²) in [7, 11) is 0. The summed E-state index contributed by atoms with van der Waals surface area (Å²) < 4.78 is 0. The van der Waals surface area contributed by atoms with Gasteiger partial charge in [-0.2, -0.15) is 0 Å². The summed E-state index contributed by atoms with van der Waals surface area (Å²) in [5, 5.41) is 24.2. The molecule has 0 bridgehead atoms. The van der Waals surface area contributed by atoms with E-state index >= 15 is 0 Å². The van der Waals surface area contributed by atoms with Crippen LogP contribution in [0.2, 0.25) is 0 Å². The molecule has 0 spiro atoms. The summed E-state index contributed by atoms with van der Waals surface area (Å²) in [6.45, 7) is 5.84. The zero-order valence-electron chi connectivity index (χ0n) is 8.74. The number of hydrogen-bond donors (Lipinski definition) is 4. The van der Waals surface area contributed by atoms with Crippen molar-refractivity contribution in [2.24, 2.45) is 0 Å². The van der Waals surface area contributed by atoms with Crippen LogP contribution < -0.4 is 10.6 Å². The van der Waals surface area contributed by atoms with Crippen LogP contribution in [0.25, 0.3) is 0 Å². The molecule has 0 aromatic carbocycles. The SMILES string of the molecule is CC(C)(C)NC(=O)[C@H]1NC[C@@H](O)[C@@H]1O. The van der Waals surface area contributed by atoms with E-state index in [1.807, 2.05) is 20.8 Å². The van der Waals surface area contributed by atoms with Crippen molar-refractivity contribution >= 4 is 5.91 Å². The number of aliphatic hydroxyl groups excluding tert-OH is 2. The number of amides is 1. The van der Waals surface area contributed by atoms with Crippen LogP contribution in [0.1, 0.15) is 20.8 Å². The highest BCUT2D eigenvalue weighted by Crippen LogP contribution is 2.09. The van der Waals surface area contributed by atoms with Gasteiger partial charge in [0.2, 0.25) is 5.91 Å². The lowest BCUT2D eigenvalue weighted by molar-refractivity contribution is -0.127. The van der Waals surface area contributed by atoms with Crippen molar-refractivity contribution in [3.63, 3.8) is 0 Å². The highest BCUT2D eigenvalue weighted by Gasteiger charge is 2.38. The molecule has 14 heavy (non-hydrogen) atoms. The van der Waals surface area contributed by atoms with E-state index < -0.39 is 18.2 Å². The number of β-amino-alcohol motifs (C(OH)–C–C–N with tert-alkyl or cyclic N) is 1. The summed E-state index contributed by atoms with van der Waals surface area (Å²) in [6.07, 6.45) is -1.87. The van der Waals surface area contributed by atoms with Crippen LogP contribution in [0.4, 0.5) is 0 Å². The Kier molecular flexibility index (Phi) is 3.14. The third-order valence-corrected chi connectivity index (χ3v) is 2.06. The van der Waals surface area contributed by atoms with Gasteiger partial charge in [0.15, 0.2) is 0 Å². The Hall–Kier alpha value is -0.650. The minimum Gasteiger partial charge on any atom is -0.389 e. The molecule has 1 heterocycles. The lowest BCUT2D eigenvalue weighted by Crippen LogP contribution is -2.52. The lowest BCUT2D eigenvalue weighted by atomic mass is 10.1. The molecule has 3 atom stereocenters. The maximum atomic E-state index is 11.6. The number of rotatable bonds is 1. The third kappa shape index (κ3) is 2.67. The molecule has 5 nitrogen and oxygen atoms in total. The molecule has 1 saturated heterocycles. The first-order chi connectivity index (χ1) is 6.31. The molecule has 1 fully saturated rings. The fourth-order valence-corrected chi connectivity index (χ4v) is 1.41. The minimum atomic E-state index is -1.02. The Morgan fingerprint density at radius 3 is 2.36 bits per heavy atom. The first-order valence-electron chi connectivity index (χ1n) is 4.73. The molecule has 1 rings (SSSR count). The van der Waals surface area contributed by atoms with Crippen LogP contribution in [-0.2, 0) is 4.79 Å². The van der Waals surface area contributed by atoms with E-state index in [1.54, 1.807) is 0 Å². The molecule has 0 saturated carbocycles. The van der Waals surface area contributed by atoms with Gasteiger partial charge in [-0.15, -0.1) is 0 Å². The fraction of sp³-hybridized carbons (Fsp3) is 0.889. The zero-order valence-corrected chi connectivity index (χ0v) is 8.74. The highest BCUT2D eigenvalue weighted by atomic mass is 16.3. The van der Waals surface area contributed by atoms with Crippen LogP contribution in [0.3, 0.4) is 0 Å². The first-order valence-corrected chi connectivity index (χ1v) is 4.73. The van der Waals surface area contributed by atoms with Crippen molar-refractivity contribution in [2.75, 3.05) is 6.54 Å². The van der Waals surface area contributed by atoms with E-state index in [1.165, 1.54) is 0 Å². The van der Waals surface area contributed by atoms with Gasteiger partial charge in [-0.25, -0.2) is 0 Å². The number of carbonyl (C=O) groups excluding carboxylic acids is 1. The second kappa shape index (κ2) is 3.84. The van der Waals surface area contributed by atoms with Crippen LogP contribution in [0.5, 0.6) is 0 Å². The van der Waals surface area contributed by atoms with E-state index in [-0.39, 0.29) is 18.0 Å². The van der Waals surface area contributed by atoms with Gasteiger partial charge in [-0.1, -0.05) is 0 Å². The van der Waals surface area contributed by atoms with E-state index in [0.717, 1.165) is 0 Å². The van der Waals surface area contributed by atoms with Crippen molar-refractivity contribution < 1.29 is 15.0 Å². The van der Waals surface area contributed by atoms with Gasteiger partial charge in [0.25, 0.3) is 0 Å². The quantitative estimate of drug-likeness (QED) is 0.421. The van der Waals surface area contributed by atoms with Crippen molar-refractivity contribution in [1.29, 1.82) is 0 Å². The van der Waals surface area contributed by atoms with Crippen molar-refractivity contribution in [2.45, 2.75) is 44.6 Å². The number of hydrogen-bond acceptors (Lipinski definition) is 4. The lowest BCUT2D eigenvalue weighted by Gasteiger charge is -2.24. The fourth-order valence-electron chi connectivity index (χ4n) is 1.41. The summed E-state index contributed by atoms with van der Waals surface area (Å²) >= 11 is 0. The minimum absolute atomic E-state index is 0.253. The average Bonchev–Trinajstić information content (AvgIpc) is 2.29. The summed E-state index contributed by atoms with van der Waals surface area (Å²) in [6, 6.07) is -0.704. The standard InChI is InChI=1S/C9H18N2O3/c1-9(2,3)11-8(14)6-7(13)5(12)4-10-6/h5-7,10,12-13H,4H2,1-3H3,(H,11,14)/t5-,6+,7+/m1/s1. The Morgan fingerprint density at radius 2 is 2.00 bits per heavy atom. The van der Waals surface area contributed by atoms with Gasteiger partial charge in [-0.3, -0.25) is 4.79 Å². The Balaban J connectivity index is 2.54. The first kappa shape index (κ1) is 11.4. The molecule has 5 heteroatoms. The third-order valence-electron chi connectivity index (χ3n) is 2.06. The Bertz CT molecular complexity index is 225. The van der Waals surface area contributed by atoms with E-state index in [4.69, 9.17) is 0 Å². The maximum Gasteiger partial charge on any atom is 0.240 e. The van der Waals surface area contributed by atoms with Gasteiger partial charge in [-0.05, 0) is 20.8 Å². The summed E-state index contributed by atoms with van der Waals surface area (Å²) in [4.78, 5) is 11.6. The van der Waals surface area contributed by atoms with Crippen LogP contribution in [-0.4, -0.2) is 46.5 Å². The molecule has 1 aliphatic heterocycles. The summed E-state index contributed by atoms with van der Waals surface area (Å²) in [5.74, 6) is -0.276. The smallest absolute Gasteiger partial charge is 0.240 e. The molecular formula is C9H18N2O3. The van der Waals surface area contributed by atoms with Crippen molar-refractivity contribution in [1.82, 2.24) is 10.6 Å². The molecule has 1 aliphatic rings. The Labute approximate surface area is 83.5 Å². The molecule has 0 unspecified atom stereocenters.